The van der Waals surface area contributed by atoms with Gasteiger partial charge in [0, 0.05) is 18.0 Å². The van der Waals surface area contributed by atoms with Crippen LogP contribution < -0.4 is 10.3 Å². The number of unbranched alkanes of at least 4 members (excludes halogenated alkanes) is 5. The van der Waals surface area contributed by atoms with Gasteiger partial charge in [0.05, 0.1) is 5.52 Å². The molecule has 0 amide bonds. The highest BCUT2D eigenvalue weighted by atomic mass is 16.5. The first-order valence-electron chi connectivity index (χ1n) is 11.9. The van der Waals surface area contributed by atoms with Crippen molar-refractivity contribution in [3.8, 4) is 17.2 Å². The number of hydrogen-bond donors (Lipinski definition) is 2. The number of rotatable bonds is 13. The zero-order valence-corrected chi connectivity index (χ0v) is 20.1. The molecule has 2 N–H and O–H groups in total. The van der Waals surface area contributed by atoms with Gasteiger partial charge in [-0.1, -0.05) is 56.3 Å². The largest absolute Gasteiger partial charge is 0.508 e. The van der Waals surface area contributed by atoms with E-state index in [-0.39, 0.29) is 23.9 Å². The van der Waals surface area contributed by atoms with Crippen molar-refractivity contribution in [1.82, 2.24) is 4.57 Å². The molecular weight excluding hydrogens is 402 g/mol. The van der Waals surface area contributed by atoms with E-state index in [0.29, 0.717) is 17.4 Å². The molecule has 0 atom stereocenters. The van der Waals surface area contributed by atoms with Crippen LogP contribution in [0.15, 0.2) is 46.3 Å². The number of nitrogens with zero attached hydrogens (tertiary/aromatic N) is 1. The van der Waals surface area contributed by atoms with Crippen molar-refractivity contribution in [3.63, 3.8) is 0 Å². The van der Waals surface area contributed by atoms with Gasteiger partial charge in [0.2, 0.25) is 5.75 Å². The Kier molecular flexibility index (Phi) is 10.4. The minimum absolute atomic E-state index is 0.0836. The number of fused-ring (bicyclic) bond motifs is 1. The zero-order valence-electron chi connectivity index (χ0n) is 20.1. The monoisotopic (exact) mass is 441 g/mol. The molecule has 32 heavy (non-hydrogen) atoms. The number of benzene rings is 1. The van der Waals surface area contributed by atoms with Crippen molar-refractivity contribution in [3.05, 3.63) is 51.9 Å². The van der Waals surface area contributed by atoms with Crippen molar-refractivity contribution in [1.29, 1.82) is 0 Å². The van der Waals surface area contributed by atoms with Crippen molar-refractivity contribution < 1.29 is 14.9 Å². The maximum atomic E-state index is 12.9. The third kappa shape index (κ3) is 7.47. The summed E-state index contributed by atoms with van der Waals surface area (Å²) in [6, 6.07) is 4.82. The number of allylic oxidation sites excluding steroid dienone is 3. The molecule has 2 aromatic rings. The molecule has 0 saturated heterocycles. The third-order valence-electron chi connectivity index (χ3n) is 5.67. The Morgan fingerprint density at radius 2 is 1.75 bits per heavy atom. The normalized spacial score (nSPS) is 11.7. The minimum Gasteiger partial charge on any atom is -0.508 e. The summed E-state index contributed by atoms with van der Waals surface area (Å²) in [6.45, 7) is 9.18. The van der Waals surface area contributed by atoms with Gasteiger partial charge in [-0.15, -0.1) is 0 Å². The molecule has 0 bridgehead atoms. The summed E-state index contributed by atoms with van der Waals surface area (Å²) in [4.78, 5) is 12.9. The van der Waals surface area contributed by atoms with Crippen molar-refractivity contribution in [2.45, 2.75) is 85.6 Å². The highest BCUT2D eigenvalue weighted by Gasteiger charge is 2.17. The van der Waals surface area contributed by atoms with Gasteiger partial charge in [0.15, 0.2) is 5.75 Å². The van der Waals surface area contributed by atoms with Crippen molar-refractivity contribution >= 4 is 10.9 Å². The van der Waals surface area contributed by atoms with Gasteiger partial charge in [-0.2, -0.15) is 0 Å². The Morgan fingerprint density at radius 1 is 1.03 bits per heavy atom. The molecule has 0 radical (unpaired) electrons. The number of aromatic hydroxyl groups is 2. The lowest BCUT2D eigenvalue weighted by Gasteiger charge is -2.16. The maximum Gasteiger partial charge on any atom is 0.297 e. The summed E-state index contributed by atoms with van der Waals surface area (Å²) in [5, 5.41) is 21.3. The second-order valence-corrected chi connectivity index (χ2v) is 8.79. The van der Waals surface area contributed by atoms with Crippen LogP contribution >= 0.6 is 0 Å². The predicted octanol–water partition coefficient (Wildman–Crippen LogP) is 6.84. The maximum absolute atomic E-state index is 12.9. The number of hydrogen-bond acceptors (Lipinski definition) is 4. The average Bonchev–Trinajstić information content (AvgIpc) is 2.75. The molecule has 0 aliphatic carbocycles. The lowest BCUT2D eigenvalue weighted by molar-refractivity contribution is 0.334. The molecular formula is C27H39NO4. The lowest BCUT2D eigenvalue weighted by Crippen LogP contribution is -2.21. The first-order valence-corrected chi connectivity index (χ1v) is 11.9. The molecule has 0 unspecified atom stereocenters. The SMILES string of the molecule is CCCCCCCCn1c(=O)c(O)c(OC/C=C(\C)CCC=C(C)C)c2ccc(O)cc21. The fourth-order valence-corrected chi connectivity index (χ4v) is 3.77. The van der Waals surface area contributed by atoms with E-state index in [4.69, 9.17) is 4.74 Å². The Morgan fingerprint density at radius 3 is 2.47 bits per heavy atom. The predicted molar refractivity (Wildman–Crippen MR) is 133 cm³/mol. The van der Waals surface area contributed by atoms with Crippen LogP contribution in [0.25, 0.3) is 10.9 Å². The first kappa shape index (κ1) is 25.6. The highest BCUT2D eigenvalue weighted by Crippen LogP contribution is 2.34. The summed E-state index contributed by atoms with van der Waals surface area (Å²) in [6.07, 6.45) is 12.7. The van der Waals surface area contributed by atoms with E-state index in [1.807, 2.05) is 6.08 Å². The Labute approximate surface area is 192 Å². The number of ether oxygens (including phenoxy) is 1. The van der Waals surface area contributed by atoms with Gasteiger partial charge in [-0.3, -0.25) is 4.79 Å². The van der Waals surface area contributed by atoms with E-state index in [0.717, 1.165) is 32.1 Å². The molecule has 0 saturated carbocycles. The Bertz CT molecular complexity index is 997. The van der Waals surface area contributed by atoms with Crippen LogP contribution in [-0.4, -0.2) is 21.4 Å². The summed E-state index contributed by atoms with van der Waals surface area (Å²) < 4.78 is 7.41. The molecule has 1 aromatic carbocycles. The van der Waals surface area contributed by atoms with Gasteiger partial charge in [-0.05, 0) is 58.2 Å². The smallest absolute Gasteiger partial charge is 0.297 e. The molecule has 0 aliphatic rings. The molecule has 0 fully saturated rings. The van der Waals surface area contributed by atoms with Crippen LogP contribution in [0, 0.1) is 0 Å². The van der Waals surface area contributed by atoms with Gasteiger partial charge in [0.1, 0.15) is 12.4 Å². The quantitative estimate of drug-likeness (QED) is 0.263. The van der Waals surface area contributed by atoms with E-state index in [1.165, 1.54) is 30.4 Å². The van der Waals surface area contributed by atoms with Crippen LogP contribution in [-0.2, 0) is 6.54 Å². The topological polar surface area (TPSA) is 71.7 Å². The summed E-state index contributed by atoms with van der Waals surface area (Å²) in [7, 11) is 0. The first-order chi connectivity index (χ1) is 15.3. The van der Waals surface area contributed by atoms with Gasteiger partial charge >= 0.3 is 0 Å². The Hall–Kier alpha value is -2.69. The molecule has 1 aromatic heterocycles. The average molecular weight is 442 g/mol. The van der Waals surface area contributed by atoms with Gasteiger partial charge in [0.25, 0.3) is 5.56 Å². The molecule has 2 rings (SSSR count). The highest BCUT2D eigenvalue weighted by molar-refractivity contribution is 5.88. The van der Waals surface area contributed by atoms with Crippen LogP contribution in [0.1, 0.15) is 79.1 Å². The fraction of sp³-hybridized carbons (Fsp3) is 0.519. The van der Waals surface area contributed by atoms with Crippen molar-refractivity contribution in [2.24, 2.45) is 0 Å². The van der Waals surface area contributed by atoms with E-state index in [2.05, 4.69) is 33.8 Å². The van der Waals surface area contributed by atoms with E-state index < -0.39 is 5.56 Å². The van der Waals surface area contributed by atoms with Gasteiger partial charge in [-0.25, -0.2) is 0 Å². The molecule has 1 heterocycles. The van der Waals surface area contributed by atoms with Crippen LogP contribution in [0.5, 0.6) is 17.2 Å². The van der Waals surface area contributed by atoms with Crippen LogP contribution in [0.2, 0.25) is 0 Å². The fourth-order valence-electron chi connectivity index (χ4n) is 3.77. The second kappa shape index (κ2) is 13.0. The summed E-state index contributed by atoms with van der Waals surface area (Å²) in [5.74, 6) is -0.109. The number of aryl methyl sites for hydroxylation is 1. The number of phenolic OH excluding ortho intramolecular Hbond substituents is 1. The molecule has 0 aliphatic heterocycles. The molecule has 0 spiro atoms. The van der Waals surface area contributed by atoms with Crippen LogP contribution in [0.4, 0.5) is 0 Å². The van der Waals surface area contributed by atoms with E-state index >= 15 is 0 Å². The lowest BCUT2D eigenvalue weighted by atomic mass is 10.1. The third-order valence-corrected chi connectivity index (χ3v) is 5.67. The standard InChI is InChI=1S/C27H39NO4/c1-5-6-7-8-9-10-17-28-24-19-22(29)14-15-23(24)26(25(30)27(28)31)32-18-16-21(4)13-11-12-20(2)3/h12,14-16,19,29-30H,5-11,13,17-18H2,1-4H3/b21-16+. The van der Waals surface area contributed by atoms with Gasteiger partial charge < -0.3 is 19.5 Å². The zero-order chi connectivity index (χ0) is 23.5. The number of aromatic nitrogens is 1. The Balaban J connectivity index is 2.20. The number of phenols is 1. The van der Waals surface area contributed by atoms with Crippen molar-refractivity contribution in [2.75, 3.05) is 6.61 Å². The van der Waals surface area contributed by atoms with E-state index in [9.17, 15) is 15.0 Å². The molecule has 5 nitrogen and oxygen atoms in total. The minimum atomic E-state index is -0.476. The van der Waals surface area contributed by atoms with Crippen LogP contribution in [0.3, 0.4) is 0 Å². The van der Waals surface area contributed by atoms with E-state index in [1.54, 1.807) is 22.8 Å². The second-order valence-electron chi connectivity index (χ2n) is 8.79. The summed E-state index contributed by atoms with van der Waals surface area (Å²) in [5.41, 5.74) is 2.60. The summed E-state index contributed by atoms with van der Waals surface area (Å²) >= 11 is 0. The number of pyridine rings is 1. The molecule has 176 valence electrons. The molecule has 5 heteroatoms.